The maximum Gasteiger partial charge on any atom is 0.344 e. The van der Waals surface area contributed by atoms with Crippen molar-refractivity contribution < 1.29 is 24.2 Å². The second kappa shape index (κ2) is 8.17. The zero-order valence-corrected chi connectivity index (χ0v) is 15.4. The Morgan fingerprint density at radius 2 is 2.24 bits per heavy atom. The summed E-state index contributed by atoms with van der Waals surface area (Å²) >= 11 is 6.38. The van der Waals surface area contributed by atoms with Gasteiger partial charge in [-0.15, -0.1) is 6.58 Å². The monoisotopic (exact) mass is 379 g/mol. The van der Waals surface area contributed by atoms with Gasteiger partial charge < -0.3 is 14.6 Å². The number of carboxylic acids is 1. The van der Waals surface area contributed by atoms with Crippen molar-refractivity contribution in [2.75, 3.05) is 13.7 Å². The molecular formula is C17H17NO5S2. The summed E-state index contributed by atoms with van der Waals surface area (Å²) in [6.45, 7) is 5.37. The molecule has 0 radical (unpaired) electrons. The van der Waals surface area contributed by atoms with Crippen molar-refractivity contribution >= 4 is 46.3 Å². The van der Waals surface area contributed by atoms with Crippen LogP contribution in [0.3, 0.4) is 0 Å². The fourth-order valence-electron chi connectivity index (χ4n) is 2.09. The van der Waals surface area contributed by atoms with E-state index in [0.717, 1.165) is 0 Å². The first-order chi connectivity index (χ1) is 11.9. The van der Waals surface area contributed by atoms with Crippen LogP contribution in [-0.2, 0) is 9.59 Å². The normalized spacial score (nSPS) is 16.9. The van der Waals surface area contributed by atoms with Gasteiger partial charge in [-0.1, -0.05) is 42.2 Å². The van der Waals surface area contributed by atoms with Crippen molar-refractivity contribution in [2.24, 2.45) is 0 Å². The number of rotatable bonds is 7. The zero-order chi connectivity index (χ0) is 18.6. The summed E-state index contributed by atoms with van der Waals surface area (Å²) in [6, 6.07) is 5.10. The molecule has 1 aliphatic rings. The molecule has 0 aliphatic carbocycles. The first kappa shape index (κ1) is 19.0. The molecule has 1 aromatic rings. The minimum Gasteiger partial charge on any atom is -0.493 e. The van der Waals surface area contributed by atoms with Crippen LogP contribution < -0.4 is 9.47 Å². The lowest BCUT2D eigenvalue weighted by Gasteiger charge is -2.16. The van der Waals surface area contributed by atoms with Crippen molar-refractivity contribution in [1.82, 2.24) is 4.90 Å². The van der Waals surface area contributed by atoms with Crippen molar-refractivity contribution in [1.29, 1.82) is 0 Å². The first-order valence-corrected chi connectivity index (χ1v) is 8.54. The molecule has 1 atom stereocenters. The van der Waals surface area contributed by atoms with Gasteiger partial charge in [-0.25, -0.2) is 4.79 Å². The van der Waals surface area contributed by atoms with E-state index in [1.165, 1.54) is 30.7 Å². The highest BCUT2D eigenvalue weighted by atomic mass is 32.2. The Labute approximate surface area is 155 Å². The number of nitrogens with zero attached hydrogens (tertiary/aromatic N) is 1. The van der Waals surface area contributed by atoms with Crippen molar-refractivity contribution in [3.05, 3.63) is 41.3 Å². The van der Waals surface area contributed by atoms with Gasteiger partial charge in [0.1, 0.15) is 4.32 Å². The predicted octanol–water partition coefficient (Wildman–Crippen LogP) is 2.93. The molecule has 0 saturated carbocycles. The first-order valence-electron chi connectivity index (χ1n) is 7.31. The topological polar surface area (TPSA) is 76.1 Å². The van der Waals surface area contributed by atoms with Crippen LogP contribution in [0.15, 0.2) is 35.8 Å². The summed E-state index contributed by atoms with van der Waals surface area (Å²) in [5.74, 6) is -0.693. The quantitative estimate of drug-likeness (QED) is 0.443. The average molecular weight is 379 g/mol. The molecule has 1 N–H and O–H groups in total. The number of carbonyl (C=O) groups is 2. The van der Waals surface area contributed by atoms with Crippen molar-refractivity contribution in [3.8, 4) is 11.5 Å². The molecule has 0 spiro atoms. The highest BCUT2D eigenvalue weighted by molar-refractivity contribution is 8.26. The number of hydrogen-bond donors (Lipinski definition) is 1. The van der Waals surface area contributed by atoms with E-state index in [1.54, 1.807) is 30.4 Å². The molecular weight excluding hydrogens is 362 g/mol. The standard InChI is InChI=1S/C17H17NO5S2/c1-4-8-18-15(19)13(25-17(18)24)9-11-6-5-7-12(22-3)14(11)23-10(2)16(20)21/h4-7,9-10H,1,8H2,2-3H3,(H,20,21)/b13-9-/t10-/m1/s1. The van der Waals surface area contributed by atoms with Gasteiger partial charge in [0.05, 0.1) is 12.0 Å². The molecule has 1 saturated heterocycles. The van der Waals surface area contributed by atoms with Crippen LogP contribution in [0.5, 0.6) is 11.5 Å². The average Bonchev–Trinajstić information content (AvgIpc) is 2.84. The number of aliphatic carboxylic acids is 1. The van der Waals surface area contributed by atoms with E-state index in [2.05, 4.69) is 6.58 Å². The van der Waals surface area contributed by atoms with Crippen LogP contribution in [0.2, 0.25) is 0 Å². The van der Waals surface area contributed by atoms with E-state index in [1.807, 2.05) is 0 Å². The summed E-state index contributed by atoms with van der Waals surface area (Å²) in [6.07, 6.45) is 2.15. The Bertz CT molecular complexity index is 759. The maximum absolute atomic E-state index is 12.4. The molecule has 1 amide bonds. The Morgan fingerprint density at radius 3 is 2.84 bits per heavy atom. The molecule has 2 rings (SSSR count). The number of methoxy groups -OCH3 is 1. The fraction of sp³-hybridized carbons (Fsp3) is 0.235. The van der Waals surface area contributed by atoms with Crippen LogP contribution in [-0.4, -0.2) is 46.0 Å². The van der Waals surface area contributed by atoms with Crippen molar-refractivity contribution in [2.45, 2.75) is 13.0 Å². The molecule has 1 heterocycles. The van der Waals surface area contributed by atoms with Crippen LogP contribution in [0, 0.1) is 0 Å². The van der Waals surface area contributed by atoms with Crippen LogP contribution >= 0.6 is 24.0 Å². The third-order valence-electron chi connectivity index (χ3n) is 3.34. The molecule has 8 heteroatoms. The Morgan fingerprint density at radius 1 is 1.52 bits per heavy atom. The van der Waals surface area contributed by atoms with Crippen LogP contribution in [0.25, 0.3) is 6.08 Å². The van der Waals surface area contributed by atoms with Gasteiger partial charge in [0.25, 0.3) is 5.91 Å². The van der Waals surface area contributed by atoms with Gasteiger partial charge in [0.15, 0.2) is 17.6 Å². The van der Waals surface area contributed by atoms with E-state index >= 15 is 0 Å². The molecule has 1 fully saturated rings. The minimum absolute atomic E-state index is 0.227. The highest BCUT2D eigenvalue weighted by Crippen LogP contribution is 2.37. The SMILES string of the molecule is C=CCN1C(=O)/C(=C/c2cccc(OC)c2O[C@H](C)C(=O)O)SC1=S. The van der Waals surface area contributed by atoms with Crippen molar-refractivity contribution in [3.63, 3.8) is 0 Å². The Kier molecular flexibility index (Phi) is 6.22. The largest absolute Gasteiger partial charge is 0.493 e. The second-order valence-electron chi connectivity index (χ2n) is 5.06. The van der Waals surface area contributed by atoms with Gasteiger partial charge in [0.2, 0.25) is 0 Å². The molecule has 132 valence electrons. The molecule has 0 aromatic heterocycles. The zero-order valence-electron chi connectivity index (χ0n) is 13.7. The summed E-state index contributed by atoms with van der Waals surface area (Å²) in [5, 5.41) is 9.08. The van der Waals surface area contributed by atoms with E-state index in [0.29, 0.717) is 27.1 Å². The predicted molar refractivity (Wildman–Crippen MR) is 101 cm³/mol. The van der Waals surface area contributed by atoms with E-state index < -0.39 is 12.1 Å². The lowest BCUT2D eigenvalue weighted by molar-refractivity contribution is -0.144. The van der Waals surface area contributed by atoms with E-state index in [9.17, 15) is 9.59 Å². The van der Waals surface area contributed by atoms with E-state index in [-0.39, 0.29) is 11.7 Å². The summed E-state index contributed by atoms with van der Waals surface area (Å²) in [5.41, 5.74) is 0.534. The van der Waals surface area contributed by atoms with Gasteiger partial charge in [-0.3, -0.25) is 9.69 Å². The van der Waals surface area contributed by atoms with Crippen LogP contribution in [0.1, 0.15) is 12.5 Å². The molecule has 1 aromatic carbocycles. The smallest absolute Gasteiger partial charge is 0.344 e. The lowest BCUT2D eigenvalue weighted by Crippen LogP contribution is -2.27. The summed E-state index contributed by atoms with van der Waals surface area (Å²) in [4.78, 5) is 25.4. The Hall–Kier alpha value is -2.32. The second-order valence-corrected chi connectivity index (χ2v) is 6.73. The number of amides is 1. The van der Waals surface area contributed by atoms with Gasteiger partial charge in [-0.05, 0) is 19.1 Å². The molecule has 0 bridgehead atoms. The molecule has 0 unspecified atom stereocenters. The number of ether oxygens (including phenoxy) is 2. The molecule has 1 aliphatic heterocycles. The molecule has 25 heavy (non-hydrogen) atoms. The van der Waals surface area contributed by atoms with Gasteiger partial charge in [-0.2, -0.15) is 0 Å². The third kappa shape index (κ3) is 4.21. The number of para-hydroxylation sites is 1. The fourth-order valence-corrected chi connectivity index (χ4v) is 3.35. The number of hydrogen-bond acceptors (Lipinski definition) is 6. The Balaban J connectivity index is 2.42. The minimum atomic E-state index is -1.10. The number of carbonyl (C=O) groups excluding carboxylic acids is 1. The van der Waals surface area contributed by atoms with E-state index in [4.69, 9.17) is 26.8 Å². The summed E-state index contributed by atoms with van der Waals surface area (Å²) in [7, 11) is 1.46. The number of carboxylic acid groups (broad SMARTS) is 1. The number of benzene rings is 1. The lowest BCUT2D eigenvalue weighted by atomic mass is 10.1. The van der Waals surface area contributed by atoms with Crippen LogP contribution in [0.4, 0.5) is 0 Å². The maximum atomic E-state index is 12.4. The number of thioether (sulfide) groups is 1. The number of thiocarbonyl (C=S) groups is 1. The van der Waals surface area contributed by atoms with Gasteiger partial charge in [0, 0.05) is 12.1 Å². The molecule has 6 nitrogen and oxygen atoms in total. The van der Waals surface area contributed by atoms with Gasteiger partial charge >= 0.3 is 5.97 Å². The summed E-state index contributed by atoms with van der Waals surface area (Å²) < 4.78 is 11.2. The third-order valence-corrected chi connectivity index (χ3v) is 4.72. The highest BCUT2D eigenvalue weighted by Gasteiger charge is 2.31.